The summed E-state index contributed by atoms with van der Waals surface area (Å²) in [6, 6.07) is 4.76. The molecule has 1 N–H and O–H groups in total. The van der Waals surface area contributed by atoms with Crippen molar-refractivity contribution in [2.24, 2.45) is 0 Å². The third-order valence-electron chi connectivity index (χ3n) is 3.46. The van der Waals surface area contributed by atoms with Crippen molar-refractivity contribution in [1.82, 2.24) is 5.32 Å². The highest BCUT2D eigenvalue weighted by atomic mass is 16.5. The largest absolute Gasteiger partial charge is 0.493 e. The first-order valence-electron chi connectivity index (χ1n) is 8.01. The molecule has 0 fully saturated rings. The van der Waals surface area contributed by atoms with Crippen LogP contribution in [0.5, 0.6) is 11.5 Å². The van der Waals surface area contributed by atoms with Crippen LogP contribution in [0.1, 0.15) is 51.4 Å². The van der Waals surface area contributed by atoms with Crippen LogP contribution in [0.4, 0.5) is 0 Å². The maximum atomic E-state index is 12.1. The Morgan fingerprint density at radius 3 is 2.42 bits per heavy atom. The van der Waals surface area contributed by atoms with Gasteiger partial charge in [-0.2, -0.15) is 0 Å². The fraction of sp³-hybridized carbons (Fsp3) is 0.556. The molecule has 0 aromatic heterocycles. The fourth-order valence-electron chi connectivity index (χ4n) is 1.86. The Kier molecular flexibility index (Phi) is 7.07. The van der Waals surface area contributed by atoms with Crippen molar-refractivity contribution < 1.29 is 23.8 Å². The lowest BCUT2D eigenvalue weighted by atomic mass is 10.0. The Balaban J connectivity index is 2.70. The van der Waals surface area contributed by atoms with Crippen LogP contribution in [-0.4, -0.2) is 37.2 Å². The first-order chi connectivity index (χ1) is 11.2. The van der Waals surface area contributed by atoms with E-state index in [-0.39, 0.29) is 24.2 Å². The van der Waals surface area contributed by atoms with Gasteiger partial charge < -0.3 is 19.5 Å². The van der Waals surface area contributed by atoms with Crippen molar-refractivity contribution >= 4 is 11.9 Å². The Hall–Kier alpha value is -2.24. The number of benzene rings is 1. The summed E-state index contributed by atoms with van der Waals surface area (Å²) in [6.07, 6.45) is 0.767. The van der Waals surface area contributed by atoms with Gasteiger partial charge in [0.05, 0.1) is 18.8 Å². The van der Waals surface area contributed by atoms with Crippen molar-refractivity contribution in [1.29, 1.82) is 0 Å². The Morgan fingerprint density at radius 2 is 1.88 bits per heavy atom. The van der Waals surface area contributed by atoms with E-state index < -0.39 is 5.97 Å². The normalized spacial score (nSPS) is 11.1. The number of methoxy groups -OCH3 is 1. The van der Waals surface area contributed by atoms with Crippen LogP contribution in [0.25, 0.3) is 0 Å². The fourth-order valence-corrected chi connectivity index (χ4v) is 1.86. The lowest BCUT2D eigenvalue weighted by molar-refractivity contribution is -0.125. The van der Waals surface area contributed by atoms with E-state index in [0.717, 1.165) is 6.42 Å². The van der Waals surface area contributed by atoms with Crippen LogP contribution in [0.15, 0.2) is 18.2 Å². The van der Waals surface area contributed by atoms with E-state index in [2.05, 4.69) is 5.32 Å². The second-order valence-electron chi connectivity index (χ2n) is 6.39. The summed E-state index contributed by atoms with van der Waals surface area (Å²) >= 11 is 0. The molecule has 0 aliphatic heterocycles. The van der Waals surface area contributed by atoms with Crippen molar-refractivity contribution in [3.05, 3.63) is 23.8 Å². The molecule has 1 rings (SSSR count). The second-order valence-corrected chi connectivity index (χ2v) is 6.39. The lowest BCUT2D eigenvalue weighted by Gasteiger charge is -2.24. The van der Waals surface area contributed by atoms with Gasteiger partial charge >= 0.3 is 5.97 Å². The van der Waals surface area contributed by atoms with Crippen molar-refractivity contribution in [3.63, 3.8) is 0 Å². The van der Waals surface area contributed by atoms with Gasteiger partial charge in [-0.1, -0.05) is 6.92 Å². The molecule has 0 unspecified atom stereocenters. The minimum Gasteiger partial charge on any atom is -0.493 e. The van der Waals surface area contributed by atoms with Gasteiger partial charge in [0.25, 0.3) is 5.91 Å². The molecule has 6 heteroatoms. The molecule has 6 nitrogen and oxygen atoms in total. The number of carbonyl (C=O) groups excluding carboxylic acids is 2. The molecule has 0 aliphatic rings. The van der Waals surface area contributed by atoms with Crippen LogP contribution < -0.4 is 14.8 Å². The molecule has 0 saturated carbocycles. The standard InChI is InChI=1S/C18H27NO5/c1-7-18(4,5)19-16(20)11-23-17(21)13-8-9-14(24-12(2)3)15(10-13)22-6/h8-10,12H,7,11H2,1-6H3,(H,19,20). The van der Waals surface area contributed by atoms with Crippen molar-refractivity contribution in [3.8, 4) is 11.5 Å². The summed E-state index contributed by atoms with van der Waals surface area (Å²) in [6.45, 7) is 9.26. The van der Waals surface area contributed by atoms with Gasteiger partial charge in [-0.3, -0.25) is 4.79 Å². The molecule has 0 saturated heterocycles. The van der Waals surface area contributed by atoms with E-state index in [0.29, 0.717) is 17.1 Å². The number of nitrogens with one attached hydrogen (secondary N) is 1. The molecule has 0 radical (unpaired) electrons. The van der Waals surface area contributed by atoms with Gasteiger partial charge in [0.1, 0.15) is 0 Å². The molecular formula is C18H27NO5. The number of amides is 1. The van der Waals surface area contributed by atoms with Gasteiger partial charge in [-0.15, -0.1) is 0 Å². The minimum atomic E-state index is -0.589. The van der Waals surface area contributed by atoms with E-state index in [1.807, 2.05) is 34.6 Å². The lowest BCUT2D eigenvalue weighted by Crippen LogP contribution is -2.44. The molecule has 0 bridgehead atoms. The first kappa shape index (κ1) is 19.8. The van der Waals surface area contributed by atoms with Crippen LogP contribution >= 0.6 is 0 Å². The molecule has 1 amide bonds. The monoisotopic (exact) mass is 337 g/mol. The predicted octanol–water partition coefficient (Wildman–Crippen LogP) is 2.94. The topological polar surface area (TPSA) is 73.9 Å². The van der Waals surface area contributed by atoms with Crippen LogP contribution in [0, 0.1) is 0 Å². The number of rotatable bonds is 8. The minimum absolute atomic E-state index is 0.0117. The summed E-state index contributed by atoms with van der Waals surface area (Å²) in [5.41, 5.74) is -0.0340. The highest BCUT2D eigenvalue weighted by molar-refractivity contribution is 5.92. The third-order valence-corrected chi connectivity index (χ3v) is 3.46. The maximum absolute atomic E-state index is 12.1. The second kappa shape index (κ2) is 8.57. The molecule has 1 aromatic carbocycles. The maximum Gasteiger partial charge on any atom is 0.338 e. The number of esters is 1. The molecule has 0 heterocycles. The van der Waals surface area contributed by atoms with E-state index in [1.54, 1.807) is 12.1 Å². The molecule has 134 valence electrons. The van der Waals surface area contributed by atoms with Crippen molar-refractivity contribution in [2.75, 3.05) is 13.7 Å². The van der Waals surface area contributed by atoms with Gasteiger partial charge in [-0.25, -0.2) is 4.79 Å². The zero-order chi connectivity index (χ0) is 18.3. The smallest absolute Gasteiger partial charge is 0.338 e. The Bertz CT molecular complexity index is 581. The van der Waals surface area contributed by atoms with Gasteiger partial charge in [0.2, 0.25) is 0 Å². The summed E-state index contributed by atoms with van der Waals surface area (Å²) in [5, 5.41) is 2.81. The SMILES string of the molecule is CCC(C)(C)NC(=O)COC(=O)c1ccc(OC(C)C)c(OC)c1. The number of ether oxygens (including phenoxy) is 3. The van der Waals surface area contributed by atoms with E-state index in [1.165, 1.54) is 13.2 Å². The van der Waals surface area contributed by atoms with Gasteiger partial charge in [0.15, 0.2) is 18.1 Å². The van der Waals surface area contributed by atoms with Crippen molar-refractivity contribution in [2.45, 2.75) is 52.7 Å². The van der Waals surface area contributed by atoms with E-state index in [4.69, 9.17) is 14.2 Å². The third kappa shape index (κ3) is 6.10. The molecule has 0 spiro atoms. The quantitative estimate of drug-likeness (QED) is 0.738. The van der Waals surface area contributed by atoms with Gasteiger partial charge in [-0.05, 0) is 52.3 Å². The molecule has 1 aromatic rings. The molecule has 0 aliphatic carbocycles. The molecule has 0 atom stereocenters. The van der Waals surface area contributed by atoms with Gasteiger partial charge in [0, 0.05) is 5.54 Å². The van der Waals surface area contributed by atoms with Crippen LogP contribution in [0.3, 0.4) is 0 Å². The summed E-state index contributed by atoms with van der Waals surface area (Å²) in [5.74, 6) is 0.0667. The summed E-state index contributed by atoms with van der Waals surface area (Å²) < 4.78 is 15.9. The average Bonchev–Trinajstić information content (AvgIpc) is 2.52. The van der Waals surface area contributed by atoms with Crippen LogP contribution in [-0.2, 0) is 9.53 Å². The predicted molar refractivity (Wildman–Crippen MR) is 91.6 cm³/mol. The number of hydrogen-bond donors (Lipinski definition) is 1. The highest BCUT2D eigenvalue weighted by Gasteiger charge is 2.19. The molecule has 24 heavy (non-hydrogen) atoms. The molecular weight excluding hydrogens is 310 g/mol. The summed E-state index contributed by atoms with van der Waals surface area (Å²) in [7, 11) is 1.50. The van der Waals surface area contributed by atoms with Crippen LogP contribution in [0.2, 0.25) is 0 Å². The van der Waals surface area contributed by atoms with E-state index in [9.17, 15) is 9.59 Å². The first-order valence-corrected chi connectivity index (χ1v) is 8.01. The Labute approximate surface area is 143 Å². The van der Waals surface area contributed by atoms with E-state index >= 15 is 0 Å². The summed E-state index contributed by atoms with van der Waals surface area (Å²) in [4.78, 5) is 23.9. The average molecular weight is 337 g/mol. The zero-order valence-corrected chi connectivity index (χ0v) is 15.3. The zero-order valence-electron chi connectivity index (χ0n) is 15.3. The number of hydrogen-bond acceptors (Lipinski definition) is 5. The Morgan fingerprint density at radius 1 is 1.21 bits per heavy atom. The highest BCUT2D eigenvalue weighted by Crippen LogP contribution is 2.29. The number of carbonyl (C=O) groups is 2.